The van der Waals surface area contributed by atoms with Crippen molar-refractivity contribution < 1.29 is 29.3 Å². The minimum atomic E-state index is -0.658. The number of rotatable bonds is 2. The molecule has 0 heterocycles. The maximum absolute atomic E-state index is 11.0. The zero-order valence-electron chi connectivity index (χ0n) is 13.3. The summed E-state index contributed by atoms with van der Waals surface area (Å²) in [5, 5.41) is 27.0. The minimum Gasteiger partial charge on any atom is -0.507 e. The van der Waals surface area contributed by atoms with Gasteiger partial charge in [0.1, 0.15) is 22.6 Å². The Balaban J connectivity index is 0.000000251. The number of phenolic OH excluding ortho intramolecular Hbond substituents is 2. The first-order valence-corrected chi connectivity index (χ1v) is 7.51. The smallest absolute Gasteiger partial charge is 0.341 e. The first-order chi connectivity index (χ1) is 11.8. The van der Waals surface area contributed by atoms with Gasteiger partial charge in [0.2, 0.25) is 0 Å². The molecule has 0 aliphatic heterocycles. The molecule has 0 atom stereocenters. The second-order valence-electron chi connectivity index (χ2n) is 4.49. The molecule has 0 radical (unpaired) electrons. The van der Waals surface area contributed by atoms with E-state index in [9.17, 15) is 19.8 Å². The third kappa shape index (κ3) is 5.51. The van der Waals surface area contributed by atoms with Crippen molar-refractivity contribution in [1.82, 2.24) is 0 Å². The largest absolute Gasteiger partial charge is 0.507 e. The first kappa shape index (κ1) is 20.0. The summed E-state index contributed by atoms with van der Waals surface area (Å²) < 4.78 is 9.58. The lowest BCUT2D eigenvalue weighted by atomic mass is 10.1. The van der Waals surface area contributed by atoms with Gasteiger partial charge in [0.25, 0.3) is 0 Å². The number of halogens is 1. The van der Waals surface area contributed by atoms with E-state index in [1.54, 1.807) is 6.07 Å². The van der Waals surface area contributed by atoms with Crippen molar-refractivity contribution in [2.24, 2.45) is 0 Å². The minimum absolute atomic E-state index is 0.00144. The number of esters is 2. The number of nitrogens with zero attached hydrogens (tertiary/aromatic N) is 1. The molecule has 2 aromatic rings. The highest BCUT2D eigenvalue weighted by atomic mass is 79.9. The second kappa shape index (κ2) is 9.30. The SMILES string of the molecule is COC(=O)c1cc(Br)ccc1O.COC(=O)c1cc(C#N)ccc1O. The van der Waals surface area contributed by atoms with Crippen LogP contribution in [0.5, 0.6) is 11.5 Å². The Labute approximate surface area is 152 Å². The third-order valence-corrected chi connectivity index (χ3v) is 3.39. The van der Waals surface area contributed by atoms with Gasteiger partial charge in [0.05, 0.1) is 25.9 Å². The van der Waals surface area contributed by atoms with E-state index < -0.39 is 11.9 Å². The predicted octanol–water partition coefficient (Wildman–Crippen LogP) is 2.99. The number of methoxy groups -OCH3 is 2. The van der Waals surface area contributed by atoms with Crippen LogP contribution in [0, 0.1) is 11.3 Å². The van der Waals surface area contributed by atoms with Crippen LogP contribution in [0.1, 0.15) is 26.3 Å². The van der Waals surface area contributed by atoms with Crippen molar-refractivity contribution in [3.05, 3.63) is 57.6 Å². The molecule has 2 rings (SSSR count). The molecule has 2 N–H and O–H groups in total. The molecule has 0 unspecified atom stereocenters. The standard InChI is InChI=1S/C9H7NO3.C8H7BrO3/c1-13-9(12)7-4-6(5-10)2-3-8(7)11;1-12-8(11)6-4-5(9)2-3-7(6)10/h2-4,11H,1H3;2-4,10H,1H3. The third-order valence-electron chi connectivity index (χ3n) is 2.89. The van der Waals surface area contributed by atoms with Gasteiger partial charge >= 0.3 is 11.9 Å². The monoisotopic (exact) mass is 407 g/mol. The number of hydrogen-bond donors (Lipinski definition) is 2. The Morgan fingerprint density at radius 2 is 1.44 bits per heavy atom. The van der Waals surface area contributed by atoms with Crippen molar-refractivity contribution in [1.29, 1.82) is 5.26 Å². The van der Waals surface area contributed by atoms with E-state index in [4.69, 9.17) is 5.26 Å². The van der Waals surface area contributed by atoms with Crippen molar-refractivity contribution in [3.63, 3.8) is 0 Å². The van der Waals surface area contributed by atoms with Crippen LogP contribution in [0.2, 0.25) is 0 Å². The summed E-state index contributed by atoms with van der Waals surface area (Å²) in [5.74, 6) is -1.47. The van der Waals surface area contributed by atoms with Crippen LogP contribution in [0.15, 0.2) is 40.9 Å². The molecule has 0 bridgehead atoms. The molecule has 2 aromatic carbocycles. The summed E-state index contributed by atoms with van der Waals surface area (Å²) in [4.78, 5) is 22.0. The normalized spacial score (nSPS) is 9.20. The summed E-state index contributed by atoms with van der Waals surface area (Å²) >= 11 is 3.17. The number of ether oxygens (including phenoxy) is 2. The highest BCUT2D eigenvalue weighted by molar-refractivity contribution is 9.10. The number of aromatic hydroxyl groups is 2. The maximum Gasteiger partial charge on any atom is 0.341 e. The van der Waals surface area contributed by atoms with Crippen LogP contribution in [-0.4, -0.2) is 36.4 Å². The first-order valence-electron chi connectivity index (χ1n) is 6.72. The summed E-state index contributed by atoms with van der Waals surface area (Å²) in [5.41, 5.74) is 0.464. The Morgan fingerprint density at radius 1 is 0.960 bits per heavy atom. The summed E-state index contributed by atoms with van der Waals surface area (Å²) in [6, 6.07) is 10.4. The number of nitriles is 1. The fourth-order valence-corrected chi connectivity index (χ4v) is 2.02. The maximum atomic E-state index is 11.0. The van der Waals surface area contributed by atoms with E-state index >= 15 is 0 Å². The number of carbonyl (C=O) groups is 2. The van der Waals surface area contributed by atoms with Crippen molar-refractivity contribution in [2.45, 2.75) is 0 Å². The van der Waals surface area contributed by atoms with Gasteiger partial charge in [-0.2, -0.15) is 5.26 Å². The van der Waals surface area contributed by atoms with Crippen LogP contribution in [0.25, 0.3) is 0 Å². The molecule has 8 heteroatoms. The second-order valence-corrected chi connectivity index (χ2v) is 5.40. The van der Waals surface area contributed by atoms with E-state index in [2.05, 4.69) is 25.4 Å². The fourth-order valence-electron chi connectivity index (χ4n) is 1.66. The van der Waals surface area contributed by atoms with E-state index in [-0.39, 0.29) is 22.6 Å². The zero-order chi connectivity index (χ0) is 19.0. The molecule has 0 amide bonds. The Bertz CT molecular complexity index is 828. The molecule has 0 saturated heterocycles. The van der Waals surface area contributed by atoms with Gasteiger partial charge in [-0.25, -0.2) is 9.59 Å². The van der Waals surface area contributed by atoms with Crippen LogP contribution in [0.4, 0.5) is 0 Å². The molecule has 0 aliphatic carbocycles. The number of benzene rings is 2. The molecule has 0 spiro atoms. The van der Waals surface area contributed by atoms with E-state index in [0.717, 1.165) is 4.47 Å². The van der Waals surface area contributed by atoms with E-state index in [1.807, 2.05) is 6.07 Å². The molecular weight excluding hydrogens is 394 g/mol. The van der Waals surface area contributed by atoms with Crippen molar-refractivity contribution >= 4 is 27.9 Å². The molecular formula is C17H14BrNO6. The topological polar surface area (TPSA) is 117 Å². The molecule has 25 heavy (non-hydrogen) atoms. The summed E-state index contributed by atoms with van der Waals surface area (Å²) in [7, 11) is 2.48. The average Bonchev–Trinajstić information content (AvgIpc) is 2.63. The zero-order valence-corrected chi connectivity index (χ0v) is 14.9. The van der Waals surface area contributed by atoms with Gasteiger partial charge in [0.15, 0.2) is 0 Å². The highest BCUT2D eigenvalue weighted by Crippen LogP contribution is 2.22. The van der Waals surface area contributed by atoms with Crippen LogP contribution in [0.3, 0.4) is 0 Å². The number of hydrogen-bond acceptors (Lipinski definition) is 7. The van der Waals surface area contributed by atoms with Crippen LogP contribution < -0.4 is 0 Å². The van der Waals surface area contributed by atoms with E-state index in [0.29, 0.717) is 5.56 Å². The van der Waals surface area contributed by atoms with Crippen molar-refractivity contribution in [2.75, 3.05) is 14.2 Å². The van der Waals surface area contributed by atoms with Crippen LogP contribution >= 0.6 is 15.9 Å². The lowest BCUT2D eigenvalue weighted by Crippen LogP contribution is -2.01. The van der Waals surface area contributed by atoms with E-state index in [1.165, 1.54) is 44.6 Å². The van der Waals surface area contributed by atoms with Gasteiger partial charge < -0.3 is 19.7 Å². The lowest BCUT2D eigenvalue weighted by Gasteiger charge is -2.01. The number of phenols is 2. The molecule has 0 aliphatic rings. The summed E-state index contributed by atoms with van der Waals surface area (Å²) in [6.45, 7) is 0. The van der Waals surface area contributed by atoms with Gasteiger partial charge in [-0.1, -0.05) is 15.9 Å². The van der Waals surface area contributed by atoms with Gasteiger partial charge in [-0.15, -0.1) is 0 Å². The van der Waals surface area contributed by atoms with Crippen molar-refractivity contribution in [3.8, 4) is 17.6 Å². The molecule has 0 aromatic heterocycles. The Hall–Kier alpha value is -3.05. The number of carbonyl (C=O) groups excluding carboxylic acids is 2. The Kier molecular flexibility index (Phi) is 7.43. The molecule has 0 saturated carbocycles. The van der Waals surface area contributed by atoms with Gasteiger partial charge in [0, 0.05) is 4.47 Å². The Morgan fingerprint density at radius 3 is 1.92 bits per heavy atom. The quantitative estimate of drug-likeness (QED) is 0.734. The molecule has 0 fully saturated rings. The fraction of sp³-hybridized carbons (Fsp3) is 0.118. The molecule has 7 nitrogen and oxygen atoms in total. The predicted molar refractivity (Wildman–Crippen MR) is 91.3 cm³/mol. The lowest BCUT2D eigenvalue weighted by molar-refractivity contribution is 0.0588. The van der Waals surface area contributed by atoms with Gasteiger partial charge in [-0.3, -0.25) is 0 Å². The average molecular weight is 408 g/mol. The summed E-state index contributed by atoms with van der Waals surface area (Å²) in [6.07, 6.45) is 0. The molecule has 130 valence electrons. The van der Waals surface area contributed by atoms with Gasteiger partial charge in [-0.05, 0) is 36.4 Å². The van der Waals surface area contributed by atoms with Crippen LogP contribution in [-0.2, 0) is 9.47 Å². The highest BCUT2D eigenvalue weighted by Gasteiger charge is 2.12.